The predicted molar refractivity (Wildman–Crippen MR) is 110 cm³/mol. The van der Waals surface area contributed by atoms with Crippen molar-refractivity contribution in [1.82, 2.24) is 5.32 Å². The lowest BCUT2D eigenvalue weighted by Crippen LogP contribution is -2.32. The molecule has 0 saturated heterocycles. The van der Waals surface area contributed by atoms with E-state index in [2.05, 4.69) is 12.2 Å². The Balaban J connectivity index is 2.35. The van der Waals surface area contributed by atoms with Gasteiger partial charge in [-0.05, 0) is 36.5 Å². The van der Waals surface area contributed by atoms with Crippen molar-refractivity contribution in [2.24, 2.45) is 5.92 Å². The van der Waals surface area contributed by atoms with E-state index in [-0.39, 0.29) is 35.4 Å². The third kappa shape index (κ3) is 5.63. The van der Waals surface area contributed by atoms with Gasteiger partial charge in [0, 0.05) is 17.7 Å². The molecule has 0 aliphatic heterocycles. The SMILES string of the molecule is CCOC(=O)c1cc(C(=O)NC(c2ccc(CC)cc2)C(C)C)cc([N+](=O)[O-])c1. The number of rotatable bonds is 8. The topological polar surface area (TPSA) is 98.5 Å². The highest BCUT2D eigenvalue weighted by Crippen LogP contribution is 2.24. The molecule has 0 aliphatic rings. The number of carbonyl (C=O) groups excluding carboxylic acids is 2. The Labute approximate surface area is 170 Å². The van der Waals surface area contributed by atoms with Gasteiger partial charge in [-0.1, -0.05) is 45.0 Å². The zero-order chi connectivity index (χ0) is 21.6. The minimum atomic E-state index is -0.708. The number of nitro groups is 1. The van der Waals surface area contributed by atoms with Crippen molar-refractivity contribution in [2.45, 2.75) is 40.2 Å². The molecule has 7 nitrogen and oxygen atoms in total. The summed E-state index contributed by atoms with van der Waals surface area (Å²) in [6.07, 6.45) is 0.920. The molecule has 7 heteroatoms. The molecule has 2 aromatic carbocycles. The Morgan fingerprint density at radius 3 is 2.21 bits per heavy atom. The van der Waals surface area contributed by atoms with Gasteiger partial charge in [0.15, 0.2) is 0 Å². The van der Waals surface area contributed by atoms with Crippen molar-refractivity contribution in [3.8, 4) is 0 Å². The number of hydrogen-bond donors (Lipinski definition) is 1. The summed E-state index contributed by atoms with van der Waals surface area (Å²) < 4.78 is 4.91. The fourth-order valence-electron chi connectivity index (χ4n) is 3.00. The van der Waals surface area contributed by atoms with Crippen LogP contribution >= 0.6 is 0 Å². The smallest absolute Gasteiger partial charge is 0.338 e. The molecule has 1 unspecified atom stereocenters. The Morgan fingerprint density at radius 1 is 1.07 bits per heavy atom. The molecule has 1 N–H and O–H groups in total. The fourth-order valence-corrected chi connectivity index (χ4v) is 3.00. The first-order chi connectivity index (χ1) is 13.8. The van der Waals surface area contributed by atoms with E-state index in [0.29, 0.717) is 0 Å². The van der Waals surface area contributed by atoms with E-state index >= 15 is 0 Å². The summed E-state index contributed by atoms with van der Waals surface area (Å²) in [7, 11) is 0. The summed E-state index contributed by atoms with van der Waals surface area (Å²) >= 11 is 0. The van der Waals surface area contributed by atoms with Gasteiger partial charge in [-0.15, -0.1) is 0 Å². The molecule has 1 amide bonds. The van der Waals surface area contributed by atoms with Crippen LogP contribution in [0.2, 0.25) is 0 Å². The molecule has 29 heavy (non-hydrogen) atoms. The Bertz CT molecular complexity index is 891. The molecule has 0 heterocycles. The van der Waals surface area contributed by atoms with Crippen LogP contribution in [0.4, 0.5) is 5.69 Å². The van der Waals surface area contributed by atoms with Crippen LogP contribution < -0.4 is 5.32 Å². The van der Waals surface area contributed by atoms with E-state index in [1.165, 1.54) is 11.6 Å². The monoisotopic (exact) mass is 398 g/mol. The van der Waals surface area contributed by atoms with Crippen LogP contribution in [-0.4, -0.2) is 23.4 Å². The van der Waals surface area contributed by atoms with E-state index in [1.54, 1.807) is 6.92 Å². The van der Waals surface area contributed by atoms with Gasteiger partial charge < -0.3 is 10.1 Å². The zero-order valence-electron chi connectivity index (χ0n) is 17.1. The number of nitrogens with one attached hydrogen (secondary N) is 1. The van der Waals surface area contributed by atoms with Gasteiger partial charge in [-0.3, -0.25) is 14.9 Å². The highest BCUT2D eigenvalue weighted by molar-refractivity contribution is 5.99. The van der Waals surface area contributed by atoms with Crippen molar-refractivity contribution < 1.29 is 19.2 Å². The van der Waals surface area contributed by atoms with Gasteiger partial charge in [0.25, 0.3) is 11.6 Å². The summed E-state index contributed by atoms with van der Waals surface area (Å²) in [5, 5.41) is 14.2. The molecule has 0 fully saturated rings. The van der Waals surface area contributed by atoms with Crippen molar-refractivity contribution in [1.29, 1.82) is 0 Å². The minimum Gasteiger partial charge on any atom is -0.462 e. The maximum absolute atomic E-state index is 12.9. The van der Waals surface area contributed by atoms with Crippen LogP contribution in [0.15, 0.2) is 42.5 Å². The van der Waals surface area contributed by atoms with Crippen LogP contribution in [0.1, 0.15) is 65.6 Å². The molecule has 0 aromatic heterocycles. The largest absolute Gasteiger partial charge is 0.462 e. The number of amides is 1. The molecule has 154 valence electrons. The lowest BCUT2D eigenvalue weighted by molar-refractivity contribution is -0.384. The molecular formula is C22H26N2O5. The Hall–Kier alpha value is -3.22. The summed E-state index contributed by atoms with van der Waals surface area (Å²) in [6, 6.07) is 11.3. The Morgan fingerprint density at radius 2 is 1.69 bits per heavy atom. The third-order valence-corrected chi connectivity index (χ3v) is 4.60. The van der Waals surface area contributed by atoms with Gasteiger partial charge in [0.2, 0.25) is 0 Å². The standard InChI is InChI=1S/C22H26N2O5/c1-5-15-7-9-16(10-8-15)20(14(3)4)23-21(25)17-11-18(22(26)29-6-2)13-19(12-17)24(27)28/h7-14,20H,5-6H2,1-4H3,(H,23,25). The van der Waals surface area contributed by atoms with E-state index in [1.807, 2.05) is 38.1 Å². The van der Waals surface area contributed by atoms with E-state index in [9.17, 15) is 19.7 Å². The van der Waals surface area contributed by atoms with Gasteiger partial charge in [0.1, 0.15) is 0 Å². The highest BCUT2D eigenvalue weighted by atomic mass is 16.6. The molecule has 2 aromatic rings. The zero-order valence-corrected chi connectivity index (χ0v) is 17.1. The summed E-state index contributed by atoms with van der Waals surface area (Å²) in [5.41, 5.74) is 1.81. The van der Waals surface area contributed by atoms with Crippen molar-refractivity contribution in [2.75, 3.05) is 6.61 Å². The molecule has 1 atom stereocenters. The fraction of sp³-hybridized carbons (Fsp3) is 0.364. The number of nitrogens with zero attached hydrogens (tertiary/aromatic N) is 1. The van der Waals surface area contributed by atoms with Gasteiger partial charge >= 0.3 is 5.97 Å². The summed E-state index contributed by atoms with van der Waals surface area (Å²) in [4.78, 5) is 35.5. The number of ether oxygens (including phenoxy) is 1. The van der Waals surface area contributed by atoms with Gasteiger partial charge in [-0.25, -0.2) is 4.79 Å². The second-order valence-electron chi connectivity index (χ2n) is 7.04. The van der Waals surface area contributed by atoms with E-state index < -0.39 is 16.8 Å². The second-order valence-corrected chi connectivity index (χ2v) is 7.04. The average molecular weight is 398 g/mol. The second kappa shape index (κ2) is 9.82. The third-order valence-electron chi connectivity index (χ3n) is 4.60. The lowest BCUT2D eigenvalue weighted by atomic mass is 9.94. The molecule has 0 saturated carbocycles. The molecule has 0 aliphatic carbocycles. The first kappa shape index (κ1) is 22.1. The quantitative estimate of drug-likeness (QED) is 0.402. The highest BCUT2D eigenvalue weighted by Gasteiger charge is 2.23. The van der Waals surface area contributed by atoms with Crippen LogP contribution in [-0.2, 0) is 11.2 Å². The van der Waals surface area contributed by atoms with Crippen LogP contribution in [0.3, 0.4) is 0 Å². The maximum atomic E-state index is 12.9. The molecule has 2 rings (SSSR count). The van der Waals surface area contributed by atoms with Gasteiger partial charge in [-0.2, -0.15) is 0 Å². The first-order valence-electron chi connectivity index (χ1n) is 9.63. The predicted octanol–water partition coefficient (Wildman–Crippen LogP) is 4.46. The molecular weight excluding hydrogens is 372 g/mol. The number of hydrogen-bond acceptors (Lipinski definition) is 5. The molecule has 0 spiro atoms. The van der Waals surface area contributed by atoms with Crippen molar-refractivity contribution in [3.63, 3.8) is 0 Å². The summed E-state index contributed by atoms with van der Waals surface area (Å²) in [6.45, 7) is 7.80. The number of esters is 1. The number of nitro benzene ring substituents is 1. The van der Waals surface area contributed by atoms with Crippen LogP contribution in [0.5, 0.6) is 0 Å². The van der Waals surface area contributed by atoms with Crippen molar-refractivity contribution >= 4 is 17.6 Å². The number of non-ortho nitro benzene ring substituents is 1. The average Bonchev–Trinajstić information content (AvgIpc) is 2.71. The van der Waals surface area contributed by atoms with E-state index in [4.69, 9.17) is 4.74 Å². The van der Waals surface area contributed by atoms with Crippen molar-refractivity contribution in [3.05, 3.63) is 74.8 Å². The van der Waals surface area contributed by atoms with Crippen LogP contribution in [0, 0.1) is 16.0 Å². The molecule has 0 radical (unpaired) electrons. The summed E-state index contributed by atoms with van der Waals surface area (Å²) in [5.74, 6) is -1.10. The Kier molecular flexibility index (Phi) is 7.47. The normalized spacial score (nSPS) is 11.8. The van der Waals surface area contributed by atoms with Crippen LogP contribution in [0.25, 0.3) is 0 Å². The lowest BCUT2D eigenvalue weighted by Gasteiger charge is -2.23. The van der Waals surface area contributed by atoms with E-state index in [0.717, 1.165) is 24.1 Å². The number of carbonyl (C=O) groups is 2. The van der Waals surface area contributed by atoms with Gasteiger partial charge in [0.05, 0.1) is 23.1 Å². The number of benzene rings is 2. The minimum absolute atomic E-state index is 0.0282. The first-order valence-corrected chi connectivity index (χ1v) is 9.63. The molecule has 0 bridgehead atoms. The maximum Gasteiger partial charge on any atom is 0.338 e. The number of aryl methyl sites for hydroxylation is 1.